The Hall–Kier alpha value is -4.86. The highest BCUT2D eigenvalue weighted by Crippen LogP contribution is 2.33. The van der Waals surface area contributed by atoms with Gasteiger partial charge in [0.1, 0.15) is 29.1 Å². The van der Waals surface area contributed by atoms with Crippen LogP contribution < -0.4 is 16.4 Å². The van der Waals surface area contributed by atoms with Crippen LogP contribution in [0.3, 0.4) is 0 Å². The molecule has 16 heteroatoms. The van der Waals surface area contributed by atoms with Gasteiger partial charge in [-0.1, -0.05) is 23.7 Å². The predicted octanol–water partition coefficient (Wildman–Crippen LogP) is 8.00. The number of aryl methyl sites for hydroxylation is 4. The number of fused-ring (bicyclic) bond motifs is 3. The fraction of sp³-hybridized carbons (Fsp3) is 0.532. The summed E-state index contributed by atoms with van der Waals surface area (Å²) in [5, 5.41) is 20.6. The fourth-order valence-corrected chi connectivity index (χ4v) is 9.36. The first kappa shape index (κ1) is 47.6. The van der Waals surface area contributed by atoms with Crippen molar-refractivity contribution in [2.75, 3.05) is 32.7 Å². The van der Waals surface area contributed by atoms with Gasteiger partial charge in [0.2, 0.25) is 0 Å². The van der Waals surface area contributed by atoms with E-state index in [1.165, 1.54) is 30.7 Å². The van der Waals surface area contributed by atoms with Crippen LogP contribution in [0.1, 0.15) is 116 Å². The molecule has 2 fully saturated rings. The molecule has 12 nitrogen and oxygen atoms in total. The van der Waals surface area contributed by atoms with Gasteiger partial charge in [-0.3, -0.25) is 18.7 Å². The zero-order chi connectivity index (χ0) is 43.8. The molecule has 9 rings (SSSR count). The van der Waals surface area contributed by atoms with Gasteiger partial charge in [0.05, 0.1) is 11.4 Å². The number of aromatic nitrogens is 5. The van der Waals surface area contributed by atoms with E-state index in [4.69, 9.17) is 14.7 Å². The molecule has 3 aromatic heterocycles. The van der Waals surface area contributed by atoms with Gasteiger partial charge in [-0.25, -0.2) is 23.1 Å². The zero-order valence-electron chi connectivity index (χ0n) is 36.6. The van der Waals surface area contributed by atoms with Crippen molar-refractivity contribution in [3.63, 3.8) is 0 Å². The van der Waals surface area contributed by atoms with Crippen molar-refractivity contribution in [1.82, 2.24) is 34.5 Å². The average Bonchev–Trinajstić information content (AvgIpc) is 3.70. The molecular formula is C47H60ClF3N8O4. The van der Waals surface area contributed by atoms with Crippen LogP contribution in [0.25, 0.3) is 11.0 Å². The monoisotopic (exact) mass is 892 g/mol. The molecule has 4 aliphatic heterocycles. The number of likely N-dealkylation sites (tertiary alicyclic amines) is 1. The van der Waals surface area contributed by atoms with Crippen molar-refractivity contribution in [2.24, 2.45) is 11.1 Å². The molecule has 2 saturated heterocycles. The molecule has 340 valence electrons. The van der Waals surface area contributed by atoms with E-state index in [1.54, 1.807) is 6.07 Å². The molecule has 2 N–H and O–H groups in total. The summed E-state index contributed by atoms with van der Waals surface area (Å²) in [6, 6.07) is 7.93. The molecule has 0 bridgehead atoms. The van der Waals surface area contributed by atoms with Crippen molar-refractivity contribution in [1.29, 1.82) is 0 Å². The van der Waals surface area contributed by atoms with Gasteiger partial charge >= 0.3 is 0 Å². The molecule has 0 unspecified atom stereocenters. The number of rotatable bonds is 8. The number of nitrogens with one attached hydrogen (secondary N) is 1. The molecule has 0 aliphatic carbocycles. The van der Waals surface area contributed by atoms with E-state index in [9.17, 15) is 22.8 Å². The summed E-state index contributed by atoms with van der Waals surface area (Å²) in [6.45, 7) is 12.1. The SMILES string of the molecule is CCCc1c(C)nc2n(c1=O)CCCC2.Cc1nc2n(c(=O)c1CCN1CCC(c3noc4cc(F)ccc34)CC1)CCCC2.Cl.O/N=C(\c1ccc(F)cc1F)C1CCNCC1. The van der Waals surface area contributed by atoms with Gasteiger partial charge in [-0.05, 0) is 129 Å². The molecule has 0 amide bonds. The summed E-state index contributed by atoms with van der Waals surface area (Å²) >= 11 is 0. The second-order valence-corrected chi connectivity index (χ2v) is 17.0. The lowest BCUT2D eigenvalue weighted by Gasteiger charge is -2.31. The van der Waals surface area contributed by atoms with Gasteiger partial charge in [0.15, 0.2) is 5.58 Å². The molecule has 0 atom stereocenters. The normalized spacial score (nSPS) is 17.1. The second kappa shape index (κ2) is 22.2. The highest BCUT2D eigenvalue weighted by Gasteiger charge is 2.27. The number of oxime groups is 1. The fourth-order valence-electron chi connectivity index (χ4n) is 9.36. The lowest BCUT2D eigenvalue weighted by molar-refractivity contribution is 0.211. The lowest BCUT2D eigenvalue weighted by Crippen LogP contribution is -2.37. The van der Waals surface area contributed by atoms with Crippen LogP contribution in [-0.2, 0) is 38.8 Å². The quantitative estimate of drug-likeness (QED) is 0.0901. The molecule has 0 spiro atoms. The molecular weight excluding hydrogens is 833 g/mol. The van der Waals surface area contributed by atoms with E-state index in [0.29, 0.717) is 17.2 Å². The summed E-state index contributed by atoms with van der Waals surface area (Å²) in [6.07, 6.45) is 12.5. The Kier molecular flexibility index (Phi) is 16.8. The van der Waals surface area contributed by atoms with Crippen molar-refractivity contribution in [3.8, 4) is 0 Å². The maximum Gasteiger partial charge on any atom is 0.256 e. The zero-order valence-corrected chi connectivity index (χ0v) is 37.4. The summed E-state index contributed by atoms with van der Waals surface area (Å²) in [5.41, 5.74) is 5.94. The third-order valence-corrected chi connectivity index (χ3v) is 12.8. The third-order valence-electron chi connectivity index (χ3n) is 12.8. The molecule has 5 aromatic rings. The van der Waals surface area contributed by atoms with Gasteiger partial charge in [0.25, 0.3) is 11.1 Å². The summed E-state index contributed by atoms with van der Waals surface area (Å²) < 4.78 is 48.9. The highest BCUT2D eigenvalue weighted by atomic mass is 35.5. The Morgan fingerprint density at radius 2 is 1.40 bits per heavy atom. The standard InChI is InChI=1S/C23H27FN4O2.C12H14F2N2O.C12H18N2O.ClH/c1-15-18(23(29)28-10-3-2-4-21(28)25-15)9-13-27-11-7-16(8-12-27)22-19-6-5-17(24)14-20(19)30-26-22;13-9-1-2-10(11(14)7-9)12(16-17)8-3-5-15-6-4-8;1-3-6-10-9(2)13-11-7-4-5-8-14(11)12(10)15;/h5-6,14,16H,2-4,7-13H2,1H3;1-2,7-8,15,17H,3-6H2;3-8H2,1-2H3;1H/b;16-12-;;. The van der Waals surface area contributed by atoms with E-state index < -0.39 is 11.6 Å². The van der Waals surface area contributed by atoms with E-state index in [1.807, 2.05) is 23.0 Å². The van der Waals surface area contributed by atoms with E-state index in [-0.39, 0.29) is 40.8 Å². The topological polar surface area (TPSA) is 144 Å². The second-order valence-electron chi connectivity index (χ2n) is 17.0. The first-order valence-corrected chi connectivity index (χ1v) is 22.4. The number of benzene rings is 2. The molecule has 63 heavy (non-hydrogen) atoms. The number of halogens is 4. The van der Waals surface area contributed by atoms with E-state index >= 15 is 0 Å². The smallest absolute Gasteiger partial charge is 0.256 e. The Bertz CT molecular complexity index is 2490. The molecule has 4 aliphatic rings. The minimum Gasteiger partial charge on any atom is -0.411 e. The largest absolute Gasteiger partial charge is 0.411 e. The number of piperidine rings is 2. The lowest BCUT2D eigenvalue weighted by atomic mass is 9.88. The molecule has 7 heterocycles. The highest BCUT2D eigenvalue weighted by molar-refractivity contribution is 6.02. The van der Waals surface area contributed by atoms with Crippen molar-refractivity contribution >= 4 is 29.1 Å². The minimum atomic E-state index is -0.684. The summed E-state index contributed by atoms with van der Waals surface area (Å²) in [7, 11) is 0. The van der Waals surface area contributed by atoms with Gasteiger partial charge in [-0.15, -0.1) is 12.4 Å². The maximum absolute atomic E-state index is 13.6. The van der Waals surface area contributed by atoms with Crippen LogP contribution in [0.15, 0.2) is 55.7 Å². The van der Waals surface area contributed by atoms with Crippen LogP contribution in [0, 0.1) is 37.2 Å². The van der Waals surface area contributed by atoms with Crippen LogP contribution in [0.2, 0.25) is 0 Å². The number of hydrogen-bond donors (Lipinski definition) is 2. The van der Waals surface area contributed by atoms with Crippen molar-refractivity contribution in [3.05, 3.63) is 120 Å². The van der Waals surface area contributed by atoms with Gasteiger partial charge < -0.3 is 19.9 Å². The Balaban J connectivity index is 0.000000170. The third kappa shape index (κ3) is 11.3. The molecule has 0 radical (unpaired) electrons. The summed E-state index contributed by atoms with van der Waals surface area (Å²) in [5.74, 6) is 0.664. The van der Waals surface area contributed by atoms with E-state index in [2.05, 4.69) is 32.4 Å². The maximum atomic E-state index is 13.6. The first-order valence-electron chi connectivity index (χ1n) is 22.4. The van der Waals surface area contributed by atoms with Crippen LogP contribution in [-0.4, -0.2) is 72.8 Å². The van der Waals surface area contributed by atoms with Crippen molar-refractivity contribution in [2.45, 2.75) is 123 Å². The Morgan fingerprint density at radius 1 is 0.810 bits per heavy atom. The van der Waals surface area contributed by atoms with E-state index in [0.717, 1.165) is 174 Å². The van der Waals surface area contributed by atoms with Crippen LogP contribution in [0.4, 0.5) is 13.2 Å². The van der Waals surface area contributed by atoms with Crippen LogP contribution in [0.5, 0.6) is 0 Å². The molecule has 2 aromatic carbocycles. The molecule has 0 saturated carbocycles. The first-order chi connectivity index (χ1) is 30.1. The van der Waals surface area contributed by atoms with Crippen LogP contribution >= 0.6 is 12.4 Å². The minimum absolute atomic E-state index is 0. The number of nitrogens with zero attached hydrogens (tertiary/aromatic N) is 7. The number of hydrogen-bond acceptors (Lipinski definition) is 10. The van der Waals surface area contributed by atoms with Crippen molar-refractivity contribution < 1.29 is 22.9 Å². The Labute approximate surface area is 372 Å². The predicted molar refractivity (Wildman–Crippen MR) is 240 cm³/mol. The van der Waals surface area contributed by atoms with Gasteiger partial charge in [0, 0.05) is 89.9 Å². The average molecular weight is 893 g/mol. The Morgan fingerprint density at radius 3 is 1.98 bits per heavy atom. The van der Waals surface area contributed by atoms with Gasteiger partial charge in [-0.2, -0.15) is 0 Å². The summed E-state index contributed by atoms with van der Waals surface area (Å²) in [4.78, 5) is 36.8.